The molecular formula is C13H17BrN2OS. The van der Waals surface area contributed by atoms with Gasteiger partial charge in [0.05, 0.1) is 11.5 Å². The molecule has 0 saturated carbocycles. The van der Waals surface area contributed by atoms with E-state index in [0.717, 1.165) is 10.0 Å². The lowest BCUT2D eigenvalue weighted by atomic mass is 10.1. The topological polar surface area (TPSA) is 46.3 Å². The Morgan fingerprint density at radius 3 is 2.61 bits per heavy atom. The van der Waals surface area contributed by atoms with Gasteiger partial charge in [0.2, 0.25) is 0 Å². The first-order valence-electron chi connectivity index (χ1n) is 5.68. The predicted molar refractivity (Wildman–Crippen MR) is 81.8 cm³/mol. The number of halogens is 1. The van der Waals surface area contributed by atoms with Crippen LogP contribution in [0.3, 0.4) is 0 Å². The first kappa shape index (κ1) is 15.1. The zero-order valence-corrected chi connectivity index (χ0v) is 13.1. The zero-order chi connectivity index (χ0) is 13.9. The van der Waals surface area contributed by atoms with Crippen LogP contribution in [0.4, 0.5) is 0 Å². The molecule has 0 heterocycles. The Kier molecular flexibility index (Phi) is 5.28. The summed E-state index contributed by atoms with van der Waals surface area (Å²) < 4.78 is 0.885. The second-order valence-corrected chi connectivity index (χ2v) is 5.89. The van der Waals surface area contributed by atoms with Crippen molar-refractivity contribution in [1.82, 2.24) is 4.90 Å². The lowest BCUT2D eigenvalue weighted by molar-refractivity contribution is 0.0735. The minimum absolute atomic E-state index is 0.0448. The number of aryl methyl sites for hydroxylation is 1. The summed E-state index contributed by atoms with van der Waals surface area (Å²) in [7, 11) is 0. The van der Waals surface area contributed by atoms with E-state index in [9.17, 15) is 4.79 Å². The van der Waals surface area contributed by atoms with Crippen molar-refractivity contribution in [2.24, 2.45) is 5.73 Å². The SMILES string of the molecule is Cc1ccc(Br)cc1C(=O)N(CC(N)=S)C(C)C. The third-order valence-corrected chi connectivity index (χ3v) is 3.26. The molecule has 0 bridgehead atoms. The highest BCUT2D eigenvalue weighted by Crippen LogP contribution is 2.18. The van der Waals surface area contributed by atoms with Gasteiger partial charge in [0.1, 0.15) is 0 Å². The number of nitrogens with two attached hydrogens (primary N) is 1. The summed E-state index contributed by atoms with van der Waals surface area (Å²) >= 11 is 8.27. The highest BCUT2D eigenvalue weighted by Gasteiger charge is 2.21. The first-order chi connectivity index (χ1) is 8.32. The van der Waals surface area contributed by atoms with Gasteiger partial charge in [-0.15, -0.1) is 0 Å². The summed E-state index contributed by atoms with van der Waals surface area (Å²) in [5.41, 5.74) is 7.16. The molecule has 0 saturated heterocycles. The van der Waals surface area contributed by atoms with Gasteiger partial charge < -0.3 is 10.6 Å². The lowest BCUT2D eigenvalue weighted by Crippen LogP contribution is -2.42. The monoisotopic (exact) mass is 328 g/mol. The average Bonchev–Trinajstić information content (AvgIpc) is 2.27. The average molecular weight is 329 g/mol. The number of rotatable bonds is 4. The third kappa shape index (κ3) is 3.78. The Labute approximate surface area is 121 Å². The molecule has 0 spiro atoms. The largest absolute Gasteiger partial charge is 0.392 e. The van der Waals surface area contributed by atoms with E-state index >= 15 is 0 Å². The fourth-order valence-corrected chi connectivity index (χ4v) is 2.14. The van der Waals surface area contributed by atoms with Crippen LogP contribution in [-0.4, -0.2) is 28.4 Å². The molecule has 2 N–H and O–H groups in total. The molecule has 0 unspecified atom stereocenters. The van der Waals surface area contributed by atoms with Crippen LogP contribution >= 0.6 is 28.1 Å². The van der Waals surface area contributed by atoms with E-state index in [-0.39, 0.29) is 11.9 Å². The Morgan fingerprint density at radius 2 is 2.11 bits per heavy atom. The first-order valence-corrected chi connectivity index (χ1v) is 6.88. The van der Waals surface area contributed by atoms with E-state index in [4.69, 9.17) is 18.0 Å². The van der Waals surface area contributed by atoms with Crippen LogP contribution in [0.25, 0.3) is 0 Å². The molecule has 0 radical (unpaired) electrons. The predicted octanol–water partition coefficient (Wildman–Crippen LogP) is 2.89. The quantitative estimate of drug-likeness (QED) is 0.864. The van der Waals surface area contributed by atoms with Crippen LogP contribution in [0.15, 0.2) is 22.7 Å². The summed E-state index contributed by atoms with van der Waals surface area (Å²) in [6, 6.07) is 5.71. The van der Waals surface area contributed by atoms with Crippen molar-refractivity contribution in [2.75, 3.05) is 6.54 Å². The van der Waals surface area contributed by atoms with Gasteiger partial charge in [0.25, 0.3) is 5.91 Å². The van der Waals surface area contributed by atoms with Gasteiger partial charge >= 0.3 is 0 Å². The van der Waals surface area contributed by atoms with Gasteiger partial charge in [0, 0.05) is 16.1 Å². The van der Waals surface area contributed by atoms with Gasteiger partial charge in [-0.25, -0.2) is 0 Å². The minimum Gasteiger partial charge on any atom is -0.392 e. The van der Waals surface area contributed by atoms with Crippen LogP contribution < -0.4 is 5.73 Å². The molecule has 1 aromatic rings. The van der Waals surface area contributed by atoms with Gasteiger partial charge in [-0.05, 0) is 38.5 Å². The molecule has 0 aromatic heterocycles. The van der Waals surface area contributed by atoms with E-state index in [0.29, 0.717) is 17.1 Å². The van der Waals surface area contributed by atoms with Crippen molar-refractivity contribution >= 4 is 39.0 Å². The highest BCUT2D eigenvalue weighted by atomic mass is 79.9. The molecule has 18 heavy (non-hydrogen) atoms. The van der Waals surface area contributed by atoms with Crippen LogP contribution in [0.2, 0.25) is 0 Å². The Bertz CT molecular complexity index is 474. The van der Waals surface area contributed by atoms with E-state index in [1.54, 1.807) is 4.90 Å². The maximum absolute atomic E-state index is 12.5. The minimum atomic E-state index is -0.0448. The summed E-state index contributed by atoms with van der Waals surface area (Å²) in [4.78, 5) is 14.5. The van der Waals surface area contributed by atoms with Gasteiger partial charge in [-0.1, -0.05) is 34.2 Å². The Hall–Kier alpha value is -0.940. The lowest BCUT2D eigenvalue weighted by Gasteiger charge is -2.27. The van der Waals surface area contributed by atoms with E-state index in [1.807, 2.05) is 39.0 Å². The number of hydrogen-bond donors (Lipinski definition) is 1. The summed E-state index contributed by atoms with van der Waals surface area (Å²) in [5, 5.41) is 0. The van der Waals surface area contributed by atoms with Crippen molar-refractivity contribution in [3.8, 4) is 0 Å². The number of carbonyl (C=O) groups is 1. The molecule has 0 atom stereocenters. The normalized spacial score (nSPS) is 10.5. The second-order valence-electron chi connectivity index (χ2n) is 4.45. The van der Waals surface area contributed by atoms with Crippen molar-refractivity contribution in [3.05, 3.63) is 33.8 Å². The number of benzene rings is 1. The standard InChI is InChI=1S/C13H17BrN2OS/c1-8(2)16(7-12(15)18)13(17)11-6-10(14)5-4-9(11)3/h4-6,8H,7H2,1-3H3,(H2,15,18). The van der Waals surface area contributed by atoms with Crippen molar-refractivity contribution in [2.45, 2.75) is 26.8 Å². The van der Waals surface area contributed by atoms with Crippen molar-refractivity contribution < 1.29 is 4.79 Å². The van der Waals surface area contributed by atoms with Crippen LogP contribution in [-0.2, 0) is 0 Å². The number of thiocarbonyl (C=S) groups is 1. The summed E-state index contributed by atoms with van der Waals surface area (Å²) in [5.74, 6) is -0.0448. The molecule has 0 aliphatic heterocycles. The summed E-state index contributed by atoms with van der Waals surface area (Å²) in [6.45, 7) is 6.11. The Balaban J connectivity index is 3.09. The number of nitrogens with zero attached hydrogens (tertiary/aromatic N) is 1. The molecule has 5 heteroatoms. The van der Waals surface area contributed by atoms with Crippen LogP contribution in [0.1, 0.15) is 29.8 Å². The number of amides is 1. The number of hydrogen-bond acceptors (Lipinski definition) is 2. The maximum Gasteiger partial charge on any atom is 0.254 e. The fourth-order valence-electron chi connectivity index (χ4n) is 1.64. The van der Waals surface area contributed by atoms with Gasteiger partial charge in [0.15, 0.2) is 0 Å². The summed E-state index contributed by atoms with van der Waals surface area (Å²) in [6.07, 6.45) is 0. The molecule has 1 rings (SSSR count). The van der Waals surface area contributed by atoms with E-state index in [1.165, 1.54) is 0 Å². The zero-order valence-electron chi connectivity index (χ0n) is 10.7. The molecule has 3 nitrogen and oxygen atoms in total. The van der Waals surface area contributed by atoms with Gasteiger partial charge in [-0.2, -0.15) is 0 Å². The van der Waals surface area contributed by atoms with Crippen LogP contribution in [0.5, 0.6) is 0 Å². The van der Waals surface area contributed by atoms with Crippen molar-refractivity contribution in [1.29, 1.82) is 0 Å². The molecule has 1 amide bonds. The van der Waals surface area contributed by atoms with Crippen LogP contribution in [0, 0.1) is 6.92 Å². The molecule has 0 fully saturated rings. The fraction of sp³-hybridized carbons (Fsp3) is 0.385. The Morgan fingerprint density at radius 1 is 1.50 bits per heavy atom. The maximum atomic E-state index is 12.5. The highest BCUT2D eigenvalue weighted by molar-refractivity contribution is 9.10. The molecule has 0 aliphatic rings. The second kappa shape index (κ2) is 6.29. The van der Waals surface area contributed by atoms with Crippen molar-refractivity contribution in [3.63, 3.8) is 0 Å². The molecule has 0 aliphatic carbocycles. The van der Waals surface area contributed by atoms with E-state index in [2.05, 4.69) is 15.9 Å². The smallest absolute Gasteiger partial charge is 0.254 e. The van der Waals surface area contributed by atoms with E-state index < -0.39 is 0 Å². The third-order valence-electron chi connectivity index (χ3n) is 2.64. The molecule has 98 valence electrons. The number of carbonyl (C=O) groups excluding carboxylic acids is 1. The molecular weight excluding hydrogens is 312 g/mol. The van der Waals surface area contributed by atoms with Gasteiger partial charge in [-0.3, -0.25) is 4.79 Å². The molecule has 1 aromatic carbocycles.